The van der Waals surface area contributed by atoms with Crippen LogP contribution in [-0.2, 0) is 4.79 Å². The van der Waals surface area contributed by atoms with Crippen LogP contribution in [0.25, 0.3) is 0 Å². The first-order valence-corrected chi connectivity index (χ1v) is 9.01. The largest absolute Gasteiger partial charge is 0.481 e. The molecule has 0 amide bonds. The standard InChI is InChI=1S/C19H21NO3S/c1-11-15(14-9-6-10-20-14)18(24-17(11)12(2)19(22)23)16(21)13-7-4-3-5-8-13/h3-5,7-8,12,14,20H,6,9-10H2,1-2H3,(H,22,23). The van der Waals surface area contributed by atoms with Crippen LogP contribution in [0.3, 0.4) is 0 Å². The molecule has 0 aliphatic carbocycles. The van der Waals surface area contributed by atoms with E-state index in [4.69, 9.17) is 0 Å². The van der Waals surface area contributed by atoms with Crippen LogP contribution < -0.4 is 5.32 Å². The van der Waals surface area contributed by atoms with E-state index in [9.17, 15) is 14.7 Å². The summed E-state index contributed by atoms with van der Waals surface area (Å²) in [5, 5.41) is 12.8. The van der Waals surface area contributed by atoms with Crippen LogP contribution in [0, 0.1) is 6.92 Å². The molecule has 1 aromatic carbocycles. The summed E-state index contributed by atoms with van der Waals surface area (Å²) in [4.78, 5) is 25.9. The summed E-state index contributed by atoms with van der Waals surface area (Å²) in [6, 6.07) is 9.34. The number of ketones is 1. The molecule has 126 valence electrons. The van der Waals surface area contributed by atoms with E-state index in [1.165, 1.54) is 11.3 Å². The zero-order valence-corrected chi connectivity index (χ0v) is 14.7. The molecule has 0 saturated carbocycles. The molecule has 4 nitrogen and oxygen atoms in total. The zero-order valence-electron chi connectivity index (χ0n) is 13.8. The number of nitrogens with one attached hydrogen (secondary N) is 1. The first-order chi connectivity index (χ1) is 11.5. The van der Waals surface area contributed by atoms with Gasteiger partial charge in [-0.25, -0.2) is 0 Å². The fraction of sp³-hybridized carbons (Fsp3) is 0.368. The van der Waals surface area contributed by atoms with Gasteiger partial charge < -0.3 is 10.4 Å². The Morgan fingerprint density at radius 2 is 2.00 bits per heavy atom. The van der Waals surface area contributed by atoms with E-state index in [0.29, 0.717) is 10.4 Å². The molecule has 2 atom stereocenters. The molecule has 1 aliphatic rings. The summed E-state index contributed by atoms with van der Waals surface area (Å²) >= 11 is 1.34. The van der Waals surface area contributed by atoms with Gasteiger partial charge in [0.25, 0.3) is 0 Å². The summed E-state index contributed by atoms with van der Waals surface area (Å²) in [5.41, 5.74) is 2.59. The van der Waals surface area contributed by atoms with Crippen LogP contribution in [-0.4, -0.2) is 23.4 Å². The van der Waals surface area contributed by atoms with Gasteiger partial charge in [-0.3, -0.25) is 9.59 Å². The Labute approximate surface area is 145 Å². The van der Waals surface area contributed by atoms with Crippen molar-refractivity contribution in [1.29, 1.82) is 0 Å². The second kappa shape index (κ2) is 6.87. The number of hydrogen-bond donors (Lipinski definition) is 2. The van der Waals surface area contributed by atoms with Crippen LogP contribution in [0.2, 0.25) is 0 Å². The Kier molecular flexibility index (Phi) is 4.83. The number of carboxylic acid groups (broad SMARTS) is 1. The monoisotopic (exact) mass is 343 g/mol. The third-order valence-electron chi connectivity index (χ3n) is 4.64. The Balaban J connectivity index is 2.11. The van der Waals surface area contributed by atoms with Gasteiger partial charge >= 0.3 is 5.97 Å². The quantitative estimate of drug-likeness (QED) is 0.808. The molecule has 2 heterocycles. The molecule has 2 aromatic rings. The lowest BCUT2D eigenvalue weighted by molar-refractivity contribution is -0.138. The van der Waals surface area contributed by atoms with Gasteiger partial charge in [-0.2, -0.15) is 0 Å². The van der Waals surface area contributed by atoms with Crippen molar-refractivity contribution in [2.45, 2.75) is 38.6 Å². The molecule has 2 unspecified atom stereocenters. The van der Waals surface area contributed by atoms with Gasteiger partial charge in [-0.05, 0) is 44.4 Å². The van der Waals surface area contributed by atoms with Gasteiger partial charge in [0.05, 0.1) is 10.8 Å². The van der Waals surface area contributed by atoms with Gasteiger partial charge in [-0.1, -0.05) is 30.3 Å². The number of aliphatic carboxylic acids is 1. The SMILES string of the molecule is Cc1c(C(C)C(=O)O)sc(C(=O)c2ccccc2)c1C1CCCN1. The molecule has 2 N–H and O–H groups in total. The molecule has 0 radical (unpaired) electrons. The molecule has 1 aliphatic heterocycles. The van der Waals surface area contributed by atoms with E-state index in [1.807, 2.05) is 37.3 Å². The van der Waals surface area contributed by atoms with Crippen LogP contribution in [0.4, 0.5) is 0 Å². The van der Waals surface area contributed by atoms with Crippen molar-refractivity contribution in [2.24, 2.45) is 0 Å². The fourth-order valence-electron chi connectivity index (χ4n) is 3.31. The highest BCUT2D eigenvalue weighted by atomic mass is 32.1. The number of rotatable bonds is 5. The fourth-order valence-corrected chi connectivity index (χ4v) is 4.69. The lowest BCUT2D eigenvalue weighted by Crippen LogP contribution is -2.16. The summed E-state index contributed by atoms with van der Waals surface area (Å²) < 4.78 is 0. The molecular weight excluding hydrogens is 322 g/mol. The van der Waals surface area contributed by atoms with Crippen molar-refractivity contribution in [3.63, 3.8) is 0 Å². The Morgan fingerprint density at radius 1 is 1.29 bits per heavy atom. The van der Waals surface area contributed by atoms with Crippen molar-refractivity contribution in [3.05, 3.63) is 56.8 Å². The van der Waals surface area contributed by atoms with Gasteiger partial charge in [-0.15, -0.1) is 11.3 Å². The van der Waals surface area contributed by atoms with Crippen LogP contribution in [0.1, 0.15) is 63.0 Å². The topological polar surface area (TPSA) is 66.4 Å². The van der Waals surface area contributed by atoms with Crippen LogP contribution in [0.5, 0.6) is 0 Å². The van der Waals surface area contributed by atoms with Crippen LogP contribution >= 0.6 is 11.3 Å². The number of carboxylic acids is 1. The maximum absolute atomic E-state index is 13.0. The van der Waals surface area contributed by atoms with Crippen molar-refractivity contribution in [3.8, 4) is 0 Å². The minimum atomic E-state index is -0.857. The van der Waals surface area contributed by atoms with E-state index < -0.39 is 11.9 Å². The minimum Gasteiger partial charge on any atom is -0.481 e. The average molecular weight is 343 g/mol. The number of hydrogen-bond acceptors (Lipinski definition) is 4. The maximum Gasteiger partial charge on any atom is 0.311 e. The van der Waals surface area contributed by atoms with Gasteiger partial charge in [0.15, 0.2) is 0 Å². The molecule has 1 aromatic heterocycles. The smallest absolute Gasteiger partial charge is 0.311 e. The lowest BCUT2D eigenvalue weighted by Gasteiger charge is -2.14. The summed E-state index contributed by atoms with van der Waals surface area (Å²) in [7, 11) is 0. The molecule has 24 heavy (non-hydrogen) atoms. The molecule has 1 fully saturated rings. The highest BCUT2D eigenvalue weighted by Crippen LogP contribution is 2.40. The van der Waals surface area contributed by atoms with Gasteiger partial charge in [0, 0.05) is 16.5 Å². The van der Waals surface area contributed by atoms with E-state index >= 15 is 0 Å². The predicted octanol–water partition coefficient (Wildman–Crippen LogP) is 3.90. The van der Waals surface area contributed by atoms with Crippen molar-refractivity contribution >= 4 is 23.1 Å². The van der Waals surface area contributed by atoms with Gasteiger partial charge in [0.2, 0.25) is 5.78 Å². The highest BCUT2D eigenvalue weighted by molar-refractivity contribution is 7.14. The Bertz CT molecular complexity index is 760. The molecule has 1 saturated heterocycles. The van der Waals surface area contributed by atoms with E-state index in [-0.39, 0.29) is 11.8 Å². The molecule has 5 heteroatoms. The van der Waals surface area contributed by atoms with Gasteiger partial charge in [0.1, 0.15) is 0 Å². The second-order valence-corrected chi connectivity index (χ2v) is 7.29. The number of benzene rings is 1. The average Bonchev–Trinajstić information content (AvgIpc) is 3.21. The van der Waals surface area contributed by atoms with Crippen molar-refractivity contribution in [2.75, 3.05) is 6.54 Å². The van der Waals surface area contributed by atoms with Crippen molar-refractivity contribution < 1.29 is 14.7 Å². The molecule has 0 bridgehead atoms. The molecular formula is C19H21NO3S. The highest BCUT2D eigenvalue weighted by Gasteiger charge is 2.31. The first kappa shape index (κ1) is 16.9. The van der Waals surface area contributed by atoms with E-state index in [1.54, 1.807) is 6.92 Å². The molecule has 3 rings (SSSR count). The predicted molar refractivity (Wildman–Crippen MR) is 95.0 cm³/mol. The number of thiophene rings is 1. The van der Waals surface area contributed by atoms with E-state index in [2.05, 4.69) is 5.32 Å². The Morgan fingerprint density at radius 3 is 2.58 bits per heavy atom. The second-order valence-electron chi connectivity index (χ2n) is 6.24. The first-order valence-electron chi connectivity index (χ1n) is 8.19. The summed E-state index contributed by atoms with van der Waals surface area (Å²) in [6.45, 7) is 4.56. The maximum atomic E-state index is 13.0. The normalized spacial score (nSPS) is 18.5. The number of carbonyl (C=O) groups is 2. The Hall–Kier alpha value is -1.98. The zero-order chi connectivity index (χ0) is 17.3. The summed E-state index contributed by atoms with van der Waals surface area (Å²) in [5.74, 6) is -1.48. The summed E-state index contributed by atoms with van der Waals surface area (Å²) in [6.07, 6.45) is 2.05. The molecule has 0 spiro atoms. The number of carbonyl (C=O) groups excluding carboxylic acids is 1. The minimum absolute atomic E-state index is 0.0174. The van der Waals surface area contributed by atoms with E-state index in [0.717, 1.165) is 35.4 Å². The van der Waals surface area contributed by atoms with Crippen LogP contribution in [0.15, 0.2) is 30.3 Å². The third kappa shape index (κ3) is 3.01. The lowest BCUT2D eigenvalue weighted by atomic mass is 9.94. The third-order valence-corrected chi connectivity index (χ3v) is 6.13. The van der Waals surface area contributed by atoms with Crippen molar-refractivity contribution in [1.82, 2.24) is 5.32 Å².